The first kappa shape index (κ1) is 25.8. The van der Waals surface area contributed by atoms with Crippen molar-refractivity contribution in [2.45, 2.75) is 24.7 Å². The number of piperazine rings is 1. The Morgan fingerprint density at radius 1 is 1.21 bits per heavy atom. The molecule has 2 amide bonds. The lowest BCUT2D eigenvalue weighted by molar-refractivity contribution is -0.137. The van der Waals surface area contributed by atoms with Gasteiger partial charge in [-0.15, -0.1) is 0 Å². The number of ether oxygens (including phenoxy) is 1. The Labute approximate surface area is 221 Å². The molecule has 1 aromatic heterocycles. The summed E-state index contributed by atoms with van der Waals surface area (Å²) in [5.41, 5.74) is 0.768. The normalized spacial score (nSPS) is 17.9. The Hall–Kier alpha value is -4.81. The van der Waals surface area contributed by atoms with Crippen LogP contribution in [0.25, 0.3) is 0 Å². The second-order valence-electron chi connectivity index (χ2n) is 8.97. The van der Waals surface area contributed by atoms with E-state index in [9.17, 15) is 22.8 Å². The van der Waals surface area contributed by atoms with Crippen LogP contribution in [0.4, 0.5) is 47.7 Å². The molecule has 13 heteroatoms. The van der Waals surface area contributed by atoms with Crippen molar-refractivity contribution >= 4 is 46.3 Å². The van der Waals surface area contributed by atoms with Crippen LogP contribution in [-0.4, -0.2) is 47.5 Å². The Bertz CT molecular complexity index is 1450. The number of fused-ring (bicyclic) bond motifs is 2. The molecule has 0 aliphatic carbocycles. The van der Waals surface area contributed by atoms with Crippen LogP contribution in [0.2, 0.25) is 0 Å². The van der Waals surface area contributed by atoms with Crippen molar-refractivity contribution in [3.63, 3.8) is 0 Å². The molecular formula is C26H24F3N7O3. The summed E-state index contributed by atoms with van der Waals surface area (Å²) in [5.74, 6) is -0.662. The van der Waals surface area contributed by atoms with Gasteiger partial charge in [-0.05, 0) is 42.8 Å². The third-order valence-corrected chi connectivity index (χ3v) is 6.39. The van der Waals surface area contributed by atoms with E-state index >= 15 is 0 Å². The molecule has 5 rings (SSSR count). The molecule has 2 aliphatic heterocycles. The second kappa shape index (κ2) is 10.2. The standard InChI is InChI=1S/C26H24F3N7O3/c1-3-22(37)31-14-5-4-6-15(9-14)32-23-18(26(27,28)29)12-30-25(35-23)34-19-8-7-17(11-21(19)39-2)36-13-16-10-20(36)24(38)33-16/h3-9,11-12,16,20H,1,10,13H2,2H3,(H,31,37)(H,33,38)(H2,30,32,34,35)/t16-,20-/m0/s1. The van der Waals surface area contributed by atoms with Crippen LogP contribution < -0.4 is 30.9 Å². The van der Waals surface area contributed by atoms with Gasteiger partial charge in [0.2, 0.25) is 17.8 Å². The first-order valence-corrected chi connectivity index (χ1v) is 11.9. The van der Waals surface area contributed by atoms with E-state index in [1.165, 1.54) is 19.2 Å². The second-order valence-corrected chi connectivity index (χ2v) is 8.97. The van der Waals surface area contributed by atoms with Gasteiger partial charge in [0.25, 0.3) is 0 Å². The maximum absolute atomic E-state index is 13.7. The van der Waals surface area contributed by atoms with Crippen molar-refractivity contribution < 1.29 is 27.5 Å². The molecule has 0 saturated carbocycles. The summed E-state index contributed by atoms with van der Waals surface area (Å²) >= 11 is 0. The van der Waals surface area contributed by atoms with Gasteiger partial charge in [-0.1, -0.05) is 12.6 Å². The number of nitrogens with one attached hydrogen (secondary N) is 4. The first-order valence-electron chi connectivity index (χ1n) is 11.9. The van der Waals surface area contributed by atoms with E-state index in [1.54, 1.807) is 30.3 Å². The highest BCUT2D eigenvalue weighted by atomic mass is 19.4. The number of benzene rings is 2. The van der Waals surface area contributed by atoms with Gasteiger partial charge in [0.05, 0.1) is 12.8 Å². The largest absolute Gasteiger partial charge is 0.494 e. The fraction of sp³-hybridized carbons (Fsp3) is 0.231. The number of hydrogen-bond donors (Lipinski definition) is 4. The van der Waals surface area contributed by atoms with Gasteiger partial charge in [-0.3, -0.25) is 9.59 Å². The monoisotopic (exact) mass is 539 g/mol. The minimum Gasteiger partial charge on any atom is -0.494 e. The molecule has 2 atom stereocenters. The lowest BCUT2D eigenvalue weighted by Crippen LogP contribution is -2.47. The van der Waals surface area contributed by atoms with E-state index in [1.807, 2.05) is 4.90 Å². The molecule has 2 aromatic carbocycles. The number of methoxy groups -OCH3 is 1. The van der Waals surface area contributed by atoms with Crippen LogP contribution >= 0.6 is 0 Å². The zero-order chi connectivity index (χ0) is 27.7. The smallest absolute Gasteiger partial charge is 0.421 e. The number of anilines is 6. The molecule has 0 radical (unpaired) electrons. The summed E-state index contributed by atoms with van der Waals surface area (Å²) in [6, 6.07) is 11.3. The fourth-order valence-electron chi connectivity index (χ4n) is 4.60. The van der Waals surface area contributed by atoms with Gasteiger partial charge in [-0.25, -0.2) is 4.98 Å². The van der Waals surface area contributed by atoms with E-state index < -0.39 is 23.5 Å². The van der Waals surface area contributed by atoms with Gasteiger partial charge in [0.1, 0.15) is 23.2 Å². The van der Waals surface area contributed by atoms with Gasteiger partial charge in [0.15, 0.2) is 0 Å². The molecule has 2 bridgehead atoms. The molecule has 4 N–H and O–H groups in total. The predicted molar refractivity (Wildman–Crippen MR) is 140 cm³/mol. The fourth-order valence-corrected chi connectivity index (χ4v) is 4.60. The summed E-state index contributed by atoms with van der Waals surface area (Å²) in [6.45, 7) is 4.06. The minimum atomic E-state index is -4.73. The Balaban J connectivity index is 1.41. The van der Waals surface area contributed by atoms with Gasteiger partial charge in [-0.2, -0.15) is 18.2 Å². The molecule has 2 fully saturated rings. The van der Waals surface area contributed by atoms with Crippen LogP contribution in [-0.2, 0) is 15.8 Å². The molecule has 3 heterocycles. The summed E-state index contributed by atoms with van der Waals surface area (Å²) in [7, 11) is 1.46. The third-order valence-electron chi connectivity index (χ3n) is 6.39. The summed E-state index contributed by atoms with van der Waals surface area (Å²) in [6.07, 6.45) is -2.23. The minimum absolute atomic E-state index is 0.0146. The first-order chi connectivity index (χ1) is 18.6. The van der Waals surface area contributed by atoms with E-state index in [0.717, 1.165) is 18.2 Å². The Morgan fingerprint density at radius 2 is 2.00 bits per heavy atom. The van der Waals surface area contributed by atoms with Crippen LogP contribution in [0.5, 0.6) is 5.75 Å². The molecule has 3 aromatic rings. The lowest BCUT2D eigenvalue weighted by atomic mass is 10.2. The molecule has 39 heavy (non-hydrogen) atoms. The van der Waals surface area contributed by atoms with Crippen LogP contribution in [0.15, 0.2) is 61.3 Å². The van der Waals surface area contributed by atoms with Gasteiger partial charge in [0, 0.05) is 41.9 Å². The van der Waals surface area contributed by atoms with Crippen molar-refractivity contribution in [3.05, 3.63) is 66.9 Å². The molecule has 202 valence electrons. The summed E-state index contributed by atoms with van der Waals surface area (Å²) in [5, 5.41) is 11.1. The number of amides is 2. The average molecular weight is 540 g/mol. The van der Waals surface area contributed by atoms with Crippen molar-refractivity contribution in [2.75, 3.05) is 34.5 Å². The molecule has 2 saturated heterocycles. The quantitative estimate of drug-likeness (QED) is 0.315. The lowest BCUT2D eigenvalue weighted by Gasteiger charge is -2.29. The van der Waals surface area contributed by atoms with Crippen molar-refractivity contribution in [1.82, 2.24) is 15.3 Å². The highest BCUT2D eigenvalue weighted by Gasteiger charge is 2.44. The van der Waals surface area contributed by atoms with Crippen molar-refractivity contribution in [3.8, 4) is 5.75 Å². The molecular weight excluding hydrogens is 515 g/mol. The average Bonchev–Trinajstić information content (AvgIpc) is 3.48. The number of hydrogen-bond acceptors (Lipinski definition) is 8. The third kappa shape index (κ3) is 5.42. The predicted octanol–water partition coefficient (Wildman–Crippen LogP) is 4.19. The van der Waals surface area contributed by atoms with E-state index in [2.05, 4.69) is 37.8 Å². The Morgan fingerprint density at radius 3 is 2.69 bits per heavy atom. The number of alkyl halides is 3. The summed E-state index contributed by atoms with van der Waals surface area (Å²) in [4.78, 5) is 33.6. The van der Waals surface area contributed by atoms with Crippen LogP contribution in [0, 0.1) is 0 Å². The van der Waals surface area contributed by atoms with Gasteiger partial charge >= 0.3 is 6.18 Å². The van der Waals surface area contributed by atoms with E-state index in [0.29, 0.717) is 29.9 Å². The zero-order valence-corrected chi connectivity index (χ0v) is 20.7. The van der Waals surface area contributed by atoms with E-state index in [4.69, 9.17) is 4.74 Å². The molecule has 2 aliphatic rings. The van der Waals surface area contributed by atoms with Crippen LogP contribution in [0.1, 0.15) is 12.0 Å². The molecule has 10 nitrogen and oxygen atoms in total. The van der Waals surface area contributed by atoms with Crippen LogP contribution in [0.3, 0.4) is 0 Å². The molecule has 0 unspecified atom stereocenters. The highest BCUT2D eigenvalue weighted by Crippen LogP contribution is 2.38. The maximum atomic E-state index is 13.7. The number of carbonyl (C=O) groups excluding carboxylic acids is 2. The summed E-state index contributed by atoms with van der Waals surface area (Å²) < 4.78 is 46.7. The number of nitrogens with zero attached hydrogens (tertiary/aromatic N) is 3. The zero-order valence-electron chi connectivity index (χ0n) is 20.7. The van der Waals surface area contributed by atoms with E-state index in [-0.39, 0.29) is 29.6 Å². The highest BCUT2D eigenvalue weighted by molar-refractivity contribution is 5.99. The maximum Gasteiger partial charge on any atom is 0.421 e. The Kier molecular flexibility index (Phi) is 6.73. The van der Waals surface area contributed by atoms with Crippen molar-refractivity contribution in [2.24, 2.45) is 0 Å². The number of halogens is 3. The number of carbonyl (C=O) groups is 2. The number of rotatable bonds is 8. The SMILES string of the molecule is C=CC(=O)Nc1cccc(Nc2nc(Nc3ccc(N4C[C@@H]5C[C@H]4C(=O)N5)cc3OC)ncc2C(F)(F)F)c1. The van der Waals surface area contributed by atoms with Gasteiger partial charge < -0.3 is 30.9 Å². The topological polar surface area (TPSA) is 121 Å². The number of aromatic nitrogens is 2. The molecule has 0 spiro atoms. The van der Waals surface area contributed by atoms with Crippen molar-refractivity contribution in [1.29, 1.82) is 0 Å².